The van der Waals surface area contributed by atoms with Gasteiger partial charge < -0.3 is 19.5 Å². The molecule has 1 saturated carbocycles. The van der Waals surface area contributed by atoms with Crippen molar-refractivity contribution < 1.29 is 19.4 Å². The highest BCUT2D eigenvalue weighted by Crippen LogP contribution is 2.44. The van der Waals surface area contributed by atoms with Crippen LogP contribution < -0.4 is 0 Å². The van der Waals surface area contributed by atoms with Gasteiger partial charge >= 0.3 is 0 Å². The summed E-state index contributed by atoms with van der Waals surface area (Å²) in [6.45, 7) is 4.13. The maximum atomic E-state index is 13.2. The fraction of sp³-hybridized carbons (Fsp3) is 0.552. The van der Waals surface area contributed by atoms with E-state index in [1.165, 1.54) is 5.56 Å². The van der Waals surface area contributed by atoms with Crippen molar-refractivity contribution in [1.82, 2.24) is 4.90 Å². The molecule has 0 radical (unpaired) electrons. The van der Waals surface area contributed by atoms with E-state index in [4.69, 9.17) is 9.47 Å². The fourth-order valence-electron chi connectivity index (χ4n) is 6.16. The quantitative estimate of drug-likeness (QED) is 0.647. The summed E-state index contributed by atoms with van der Waals surface area (Å²) in [5, 5.41) is 10.8. The number of carbonyl (C=O) groups is 1. The third-order valence-corrected chi connectivity index (χ3v) is 8.10. The van der Waals surface area contributed by atoms with Gasteiger partial charge in [-0.2, -0.15) is 0 Å². The predicted molar refractivity (Wildman–Crippen MR) is 132 cm³/mol. The molecule has 0 aromatic heterocycles. The molecule has 2 aromatic carbocycles. The zero-order valence-electron chi connectivity index (χ0n) is 20.2. The molecule has 2 aliphatic heterocycles. The number of hydrogen-bond acceptors (Lipinski definition) is 4. The topological polar surface area (TPSA) is 59.0 Å². The van der Waals surface area contributed by atoms with E-state index in [1.54, 1.807) is 0 Å². The van der Waals surface area contributed by atoms with Gasteiger partial charge in [0.1, 0.15) is 0 Å². The summed E-state index contributed by atoms with van der Waals surface area (Å²) in [7, 11) is 0. The molecule has 1 aliphatic carbocycles. The number of ether oxygens (including phenoxy) is 2. The largest absolute Gasteiger partial charge is 0.385 e. The number of aliphatic hydroxyl groups is 1. The van der Waals surface area contributed by atoms with Crippen LogP contribution in [0, 0.1) is 0 Å². The van der Waals surface area contributed by atoms with E-state index in [9.17, 15) is 9.90 Å². The highest BCUT2D eigenvalue weighted by atomic mass is 16.5. The maximum absolute atomic E-state index is 13.2. The van der Waals surface area contributed by atoms with Crippen LogP contribution in [-0.2, 0) is 15.1 Å². The zero-order chi connectivity index (χ0) is 23.6. The first-order valence-electron chi connectivity index (χ1n) is 13.0. The van der Waals surface area contributed by atoms with Gasteiger partial charge in [-0.1, -0.05) is 55.3 Å². The molecule has 2 aromatic rings. The fourth-order valence-corrected chi connectivity index (χ4v) is 6.16. The highest BCUT2D eigenvalue weighted by molar-refractivity contribution is 5.94. The molecule has 2 heterocycles. The van der Waals surface area contributed by atoms with Crippen LogP contribution in [0.4, 0.5) is 0 Å². The van der Waals surface area contributed by atoms with Crippen molar-refractivity contribution in [1.29, 1.82) is 0 Å². The molecule has 1 N–H and O–H groups in total. The Kier molecular flexibility index (Phi) is 6.79. The van der Waals surface area contributed by atoms with Crippen LogP contribution in [0.15, 0.2) is 54.6 Å². The first-order valence-corrected chi connectivity index (χ1v) is 13.0. The number of piperidine rings is 1. The molecule has 34 heavy (non-hydrogen) atoms. The minimum atomic E-state index is -0.718. The van der Waals surface area contributed by atoms with Gasteiger partial charge in [0, 0.05) is 38.1 Å². The van der Waals surface area contributed by atoms with Crippen LogP contribution >= 0.6 is 0 Å². The molecular formula is C29H37NO4. The molecule has 1 spiro atoms. The number of hydrogen-bond donors (Lipinski definition) is 1. The molecule has 2 atom stereocenters. The van der Waals surface area contributed by atoms with E-state index in [1.807, 2.05) is 35.2 Å². The van der Waals surface area contributed by atoms with Gasteiger partial charge in [0.2, 0.25) is 0 Å². The van der Waals surface area contributed by atoms with Gasteiger partial charge in [0.25, 0.3) is 5.91 Å². The number of carbonyl (C=O) groups excluding carboxylic acids is 1. The SMILES string of the molecule is CCO[C@H]1C[C@@H](c2ccccc2)OC2(CCN(C(=O)c3ccc(C4(O)CCCC4)cc3)CC2)C1. The lowest BCUT2D eigenvalue weighted by molar-refractivity contribution is -0.190. The van der Waals surface area contributed by atoms with Gasteiger partial charge in [0.15, 0.2) is 0 Å². The predicted octanol–water partition coefficient (Wildman–Crippen LogP) is 5.38. The number of amides is 1. The van der Waals surface area contributed by atoms with E-state index in [0.717, 1.165) is 56.9 Å². The van der Waals surface area contributed by atoms with Gasteiger partial charge in [-0.05, 0) is 55.9 Å². The Labute approximate surface area is 203 Å². The summed E-state index contributed by atoms with van der Waals surface area (Å²) in [5.74, 6) is 0.0663. The van der Waals surface area contributed by atoms with Crippen LogP contribution in [-0.4, -0.2) is 47.3 Å². The molecule has 0 unspecified atom stereocenters. The van der Waals surface area contributed by atoms with Crippen LogP contribution in [0.5, 0.6) is 0 Å². The Morgan fingerprint density at radius 1 is 1.03 bits per heavy atom. The van der Waals surface area contributed by atoms with Crippen molar-refractivity contribution in [2.45, 2.75) is 81.7 Å². The average molecular weight is 464 g/mol. The minimum Gasteiger partial charge on any atom is -0.385 e. The van der Waals surface area contributed by atoms with E-state index in [0.29, 0.717) is 25.3 Å². The molecule has 0 bridgehead atoms. The smallest absolute Gasteiger partial charge is 0.253 e. The van der Waals surface area contributed by atoms with Gasteiger partial charge in [0.05, 0.1) is 23.4 Å². The normalized spacial score (nSPS) is 26.0. The summed E-state index contributed by atoms with van der Waals surface area (Å²) in [6.07, 6.45) is 7.35. The molecule has 5 nitrogen and oxygen atoms in total. The summed E-state index contributed by atoms with van der Waals surface area (Å²) >= 11 is 0. The van der Waals surface area contributed by atoms with Gasteiger partial charge in [-0.15, -0.1) is 0 Å². The maximum Gasteiger partial charge on any atom is 0.253 e. The lowest BCUT2D eigenvalue weighted by atomic mass is 9.80. The highest BCUT2D eigenvalue weighted by Gasteiger charge is 2.45. The monoisotopic (exact) mass is 463 g/mol. The Morgan fingerprint density at radius 2 is 1.71 bits per heavy atom. The summed E-state index contributed by atoms with van der Waals surface area (Å²) in [6, 6.07) is 18.1. The average Bonchev–Trinajstić information content (AvgIpc) is 3.32. The number of nitrogens with zero attached hydrogens (tertiary/aromatic N) is 1. The second-order valence-corrected chi connectivity index (χ2v) is 10.3. The Morgan fingerprint density at radius 3 is 2.35 bits per heavy atom. The number of benzene rings is 2. The van der Waals surface area contributed by atoms with Crippen LogP contribution in [0.1, 0.15) is 85.9 Å². The molecule has 5 heteroatoms. The second-order valence-electron chi connectivity index (χ2n) is 10.3. The molecule has 182 valence electrons. The summed E-state index contributed by atoms with van der Waals surface area (Å²) < 4.78 is 12.8. The van der Waals surface area contributed by atoms with Crippen molar-refractivity contribution >= 4 is 5.91 Å². The van der Waals surface area contributed by atoms with Crippen LogP contribution in [0.3, 0.4) is 0 Å². The summed E-state index contributed by atoms with van der Waals surface area (Å²) in [4.78, 5) is 15.2. The lowest BCUT2D eigenvalue weighted by Crippen LogP contribution is -2.52. The van der Waals surface area contributed by atoms with Gasteiger partial charge in [-0.3, -0.25) is 4.79 Å². The van der Waals surface area contributed by atoms with Crippen molar-refractivity contribution in [2.75, 3.05) is 19.7 Å². The third kappa shape index (κ3) is 4.79. The second kappa shape index (κ2) is 9.80. The van der Waals surface area contributed by atoms with Gasteiger partial charge in [-0.25, -0.2) is 0 Å². The number of rotatable bonds is 5. The Hall–Kier alpha value is -2.21. The molecule has 3 fully saturated rings. The first kappa shape index (κ1) is 23.5. The van der Waals surface area contributed by atoms with E-state index < -0.39 is 5.60 Å². The molecular weight excluding hydrogens is 426 g/mol. The van der Waals surface area contributed by atoms with E-state index in [-0.39, 0.29) is 23.7 Å². The van der Waals surface area contributed by atoms with Crippen LogP contribution in [0.25, 0.3) is 0 Å². The van der Waals surface area contributed by atoms with E-state index >= 15 is 0 Å². The van der Waals surface area contributed by atoms with Crippen LogP contribution in [0.2, 0.25) is 0 Å². The lowest BCUT2D eigenvalue weighted by Gasteiger charge is -2.48. The Balaban J connectivity index is 1.25. The molecule has 5 rings (SSSR count). The molecule has 1 amide bonds. The zero-order valence-corrected chi connectivity index (χ0v) is 20.2. The van der Waals surface area contributed by atoms with Crippen molar-refractivity contribution in [3.8, 4) is 0 Å². The standard InChI is InChI=1S/C29H37NO4/c1-2-33-25-20-26(22-8-4-3-5-9-22)34-28(21-25)16-18-30(19-17-28)27(31)23-10-12-24(13-11-23)29(32)14-6-7-15-29/h3-5,8-13,25-26,32H,2,6-7,14-21H2,1H3/t25-,26-/m0/s1. The minimum absolute atomic E-state index is 0.0303. The van der Waals surface area contributed by atoms with Crippen molar-refractivity contribution in [3.63, 3.8) is 0 Å². The molecule has 3 aliphatic rings. The van der Waals surface area contributed by atoms with Crippen molar-refractivity contribution in [2.24, 2.45) is 0 Å². The van der Waals surface area contributed by atoms with E-state index in [2.05, 4.69) is 31.2 Å². The third-order valence-electron chi connectivity index (χ3n) is 8.10. The number of likely N-dealkylation sites (tertiary alicyclic amines) is 1. The first-order chi connectivity index (χ1) is 16.5. The Bertz CT molecular complexity index is 959. The molecule has 2 saturated heterocycles. The summed E-state index contributed by atoms with van der Waals surface area (Å²) in [5.41, 5.74) is 1.87. The van der Waals surface area contributed by atoms with Crippen molar-refractivity contribution in [3.05, 3.63) is 71.3 Å².